The number of ether oxygens (including phenoxy) is 3. The lowest BCUT2D eigenvalue weighted by molar-refractivity contribution is -0.196. The van der Waals surface area contributed by atoms with E-state index < -0.39 is 36.6 Å². The highest BCUT2D eigenvalue weighted by molar-refractivity contribution is 5.66. The molecule has 2 aliphatic heterocycles. The molecule has 2 aliphatic rings. The molecule has 0 radical (unpaired) electrons. The van der Waals surface area contributed by atoms with E-state index in [9.17, 15) is 9.90 Å². The van der Waals surface area contributed by atoms with Crippen LogP contribution in [0.3, 0.4) is 0 Å². The van der Waals surface area contributed by atoms with Gasteiger partial charge in [-0.05, 0) is 5.53 Å². The van der Waals surface area contributed by atoms with Crippen LogP contribution >= 0.6 is 0 Å². The monoisotopic (exact) mass is 229 g/mol. The molecule has 0 unspecified atom stereocenters. The SMILES string of the molecule is CC(=O)O[C@H]1[C@H](O)[C@@H]2CO[C@H](O2)[C@@H]1N=[N+]=[N-]. The maximum Gasteiger partial charge on any atom is 0.303 e. The minimum atomic E-state index is -1.04. The molecule has 0 aromatic heterocycles. The first-order valence-electron chi connectivity index (χ1n) is 4.80. The third-order valence-corrected chi connectivity index (χ3v) is 2.55. The van der Waals surface area contributed by atoms with Crippen LogP contribution in [0.4, 0.5) is 0 Å². The first-order chi connectivity index (χ1) is 7.63. The Bertz CT molecular complexity index is 343. The van der Waals surface area contributed by atoms with Gasteiger partial charge in [0.1, 0.15) is 24.4 Å². The van der Waals surface area contributed by atoms with E-state index in [1.807, 2.05) is 0 Å². The molecule has 0 aliphatic carbocycles. The average Bonchev–Trinajstić information content (AvgIpc) is 2.66. The molecule has 0 aromatic rings. The summed E-state index contributed by atoms with van der Waals surface area (Å²) < 4.78 is 15.4. The summed E-state index contributed by atoms with van der Waals surface area (Å²) in [5, 5.41) is 13.3. The molecule has 88 valence electrons. The van der Waals surface area contributed by atoms with Crippen LogP contribution < -0.4 is 0 Å². The van der Waals surface area contributed by atoms with E-state index in [4.69, 9.17) is 19.7 Å². The van der Waals surface area contributed by atoms with Crippen molar-refractivity contribution in [2.45, 2.75) is 37.6 Å². The van der Waals surface area contributed by atoms with E-state index >= 15 is 0 Å². The Morgan fingerprint density at radius 1 is 1.69 bits per heavy atom. The van der Waals surface area contributed by atoms with Crippen molar-refractivity contribution < 1.29 is 24.1 Å². The van der Waals surface area contributed by atoms with Gasteiger partial charge in [-0.15, -0.1) is 0 Å². The van der Waals surface area contributed by atoms with Crippen LogP contribution in [0.15, 0.2) is 5.11 Å². The van der Waals surface area contributed by atoms with Crippen molar-refractivity contribution in [3.05, 3.63) is 10.4 Å². The first kappa shape index (κ1) is 11.2. The molecule has 0 aromatic carbocycles. The summed E-state index contributed by atoms with van der Waals surface area (Å²) >= 11 is 0. The van der Waals surface area contributed by atoms with Crippen LogP contribution in [0.2, 0.25) is 0 Å². The molecule has 5 atom stereocenters. The number of carbonyl (C=O) groups excluding carboxylic acids is 1. The molecule has 0 saturated carbocycles. The number of aliphatic hydroxyl groups excluding tert-OH is 1. The fraction of sp³-hybridized carbons (Fsp3) is 0.875. The minimum absolute atomic E-state index is 0.195. The van der Waals surface area contributed by atoms with Gasteiger partial charge in [0.05, 0.1) is 6.61 Å². The van der Waals surface area contributed by atoms with Crippen LogP contribution in [0.25, 0.3) is 10.4 Å². The summed E-state index contributed by atoms with van der Waals surface area (Å²) in [7, 11) is 0. The average molecular weight is 229 g/mol. The van der Waals surface area contributed by atoms with E-state index in [0.29, 0.717) is 0 Å². The van der Waals surface area contributed by atoms with E-state index in [2.05, 4.69) is 10.0 Å². The molecule has 2 rings (SSSR count). The highest BCUT2D eigenvalue weighted by Gasteiger charge is 2.51. The Labute approximate surface area is 90.7 Å². The van der Waals surface area contributed by atoms with Gasteiger partial charge in [0.15, 0.2) is 6.29 Å². The number of fused-ring (bicyclic) bond motifs is 2. The molecule has 2 saturated heterocycles. The zero-order valence-corrected chi connectivity index (χ0v) is 8.52. The number of hydrogen-bond donors (Lipinski definition) is 1. The summed E-state index contributed by atoms with van der Waals surface area (Å²) in [4.78, 5) is 13.5. The minimum Gasteiger partial charge on any atom is -0.459 e. The molecule has 2 fully saturated rings. The predicted octanol–water partition coefficient (Wildman–Crippen LogP) is -0.287. The molecular formula is C8H11N3O5. The highest BCUT2D eigenvalue weighted by atomic mass is 16.7. The smallest absolute Gasteiger partial charge is 0.303 e. The molecule has 16 heavy (non-hydrogen) atoms. The maximum atomic E-state index is 10.9. The molecule has 2 heterocycles. The Hall–Kier alpha value is -1.34. The normalized spacial score (nSPS) is 41.2. The molecule has 1 N–H and O–H groups in total. The van der Waals surface area contributed by atoms with E-state index in [0.717, 1.165) is 0 Å². The molecule has 8 nitrogen and oxygen atoms in total. The van der Waals surface area contributed by atoms with Crippen LogP contribution in [-0.4, -0.2) is 48.3 Å². The van der Waals surface area contributed by atoms with Crippen LogP contribution in [0, 0.1) is 0 Å². The van der Waals surface area contributed by atoms with Gasteiger partial charge >= 0.3 is 5.97 Å². The Balaban J connectivity index is 2.22. The lowest BCUT2D eigenvalue weighted by atomic mass is 9.99. The van der Waals surface area contributed by atoms with Crippen LogP contribution in [-0.2, 0) is 19.0 Å². The third kappa shape index (κ3) is 1.83. The highest BCUT2D eigenvalue weighted by Crippen LogP contribution is 2.31. The maximum absolute atomic E-state index is 10.9. The molecular weight excluding hydrogens is 218 g/mol. The second-order valence-electron chi connectivity index (χ2n) is 3.64. The Kier molecular flexibility index (Phi) is 2.97. The number of azide groups is 1. The molecule has 8 heteroatoms. The van der Waals surface area contributed by atoms with Gasteiger partial charge in [-0.1, -0.05) is 5.11 Å². The van der Waals surface area contributed by atoms with Gasteiger partial charge in [0.2, 0.25) is 0 Å². The van der Waals surface area contributed by atoms with Gasteiger partial charge in [0, 0.05) is 11.8 Å². The summed E-state index contributed by atoms with van der Waals surface area (Å²) in [5.41, 5.74) is 8.41. The lowest BCUT2D eigenvalue weighted by Crippen LogP contribution is -2.54. The number of carbonyl (C=O) groups is 1. The topological polar surface area (TPSA) is 114 Å². The number of hydrogen-bond acceptors (Lipinski definition) is 6. The third-order valence-electron chi connectivity index (χ3n) is 2.55. The summed E-state index contributed by atoms with van der Waals surface area (Å²) in [5.74, 6) is -0.552. The van der Waals surface area contributed by atoms with Crippen LogP contribution in [0.1, 0.15) is 6.92 Å². The number of esters is 1. The lowest BCUT2D eigenvalue weighted by Gasteiger charge is -2.35. The predicted molar refractivity (Wildman–Crippen MR) is 49.1 cm³/mol. The van der Waals surface area contributed by atoms with E-state index in [-0.39, 0.29) is 6.61 Å². The second kappa shape index (κ2) is 4.26. The van der Waals surface area contributed by atoms with Crippen molar-refractivity contribution in [2.24, 2.45) is 5.11 Å². The number of nitrogens with zero attached hydrogens (tertiary/aromatic N) is 3. The summed E-state index contributed by atoms with van der Waals surface area (Å²) in [6.45, 7) is 1.42. The fourth-order valence-electron chi connectivity index (χ4n) is 1.88. The standard InChI is InChI=1S/C8H11N3O5/c1-3(12)15-7-5(10-11-9)8-14-2-4(16-8)6(7)13/h4-8,13H,2H2,1H3/t4-,5+,6+,7+,8+/m0/s1. The molecule has 2 bridgehead atoms. The zero-order chi connectivity index (χ0) is 11.7. The van der Waals surface area contributed by atoms with Crippen molar-refractivity contribution in [2.75, 3.05) is 6.61 Å². The van der Waals surface area contributed by atoms with Crippen molar-refractivity contribution in [3.63, 3.8) is 0 Å². The van der Waals surface area contributed by atoms with Gasteiger partial charge < -0.3 is 19.3 Å². The largest absolute Gasteiger partial charge is 0.459 e. The van der Waals surface area contributed by atoms with Gasteiger partial charge in [-0.3, -0.25) is 4.79 Å². The zero-order valence-electron chi connectivity index (χ0n) is 8.52. The first-order valence-corrected chi connectivity index (χ1v) is 4.80. The van der Waals surface area contributed by atoms with Crippen molar-refractivity contribution >= 4 is 5.97 Å². The van der Waals surface area contributed by atoms with Gasteiger partial charge in [0.25, 0.3) is 0 Å². The Morgan fingerprint density at radius 2 is 2.44 bits per heavy atom. The van der Waals surface area contributed by atoms with Gasteiger partial charge in [-0.2, -0.15) is 0 Å². The van der Waals surface area contributed by atoms with Gasteiger partial charge in [-0.25, -0.2) is 0 Å². The van der Waals surface area contributed by atoms with Crippen LogP contribution in [0.5, 0.6) is 0 Å². The molecule has 0 amide bonds. The quantitative estimate of drug-likeness (QED) is 0.302. The summed E-state index contributed by atoms with van der Waals surface area (Å²) in [6.07, 6.45) is -3.26. The van der Waals surface area contributed by atoms with E-state index in [1.165, 1.54) is 6.92 Å². The number of rotatable bonds is 2. The van der Waals surface area contributed by atoms with Crippen molar-refractivity contribution in [1.29, 1.82) is 0 Å². The van der Waals surface area contributed by atoms with Crippen molar-refractivity contribution in [3.8, 4) is 0 Å². The van der Waals surface area contributed by atoms with E-state index in [1.54, 1.807) is 0 Å². The van der Waals surface area contributed by atoms with Crippen molar-refractivity contribution in [1.82, 2.24) is 0 Å². The molecule has 0 spiro atoms. The number of aliphatic hydroxyl groups is 1. The second-order valence-corrected chi connectivity index (χ2v) is 3.64. The Morgan fingerprint density at radius 3 is 3.06 bits per heavy atom. The summed E-state index contributed by atoms with van der Waals surface area (Å²) in [6, 6.07) is -0.859. The fourth-order valence-corrected chi connectivity index (χ4v) is 1.88.